The second-order valence-corrected chi connectivity index (χ2v) is 8.05. The molecule has 8 nitrogen and oxygen atoms in total. The van der Waals surface area contributed by atoms with Crippen LogP contribution in [-0.4, -0.2) is 16.6 Å². The number of hydrogen-bond acceptors (Lipinski definition) is 7. The van der Waals surface area contributed by atoms with Crippen LogP contribution >= 0.6 is 0 Å². The van der Waals surface area contributed by atoms with E-state index in [0.717, 1.165) is 28.5 Å². The van der Waals surface area contributed by atoms with E-state index < -0.39 is 10.9 Å². The maximum atomic E-state index is 13.0. The summed E-state index contributed by atoms with van der Waals surface area (Å²) in [5.74, 6) is 0.803. The first-order valence-electron chi connectivity index (χ1n) is 10.9. The number of aryl methyl sites for hydroxylation is 1. The van der Waals surface area contributed by atoms with Crippen molar-refractivity contribution in [3.63, 3.8) is 0 Å². The number of esters is 1. The van der Waals surface area contributed by atoms with Gasteiger partial charge in [0.1, 0.15) is 11.5 Å². The Morgan fingerprint density at radius 3 is 2.62 bits per heavy atom. The van der Waals surface area contributed by atoms with Gasteiger partial charge in [-0.15, -0.1) is 0 Å². The van der Waals surface area contributed by atoms with Gasteiger partial charge in [0.2, 0.25) is 5.76 Å². The lowest BCUT2D eigenvalue weighted by molar-refractivity contribution is -0.384. The minimum absolute atomic E-state index is 0.0122. The van der Waals surface area contributed by atoms with Crippen LogP contribution in [0.5, 0.6) is 5.75 Å². The van der Waals surface area contributed by atoms with Crippen LogP contribution in [-0.2, 0) is 6.42 Å². The fraction of sp³-hybridized carbons (Fsp3) is 0.154. The summed E-state index contributed by atoms with van der Waals surface area (Å²) in [5, 5.41) is 17.2. The Balaban J connectivity index is 1.41. The van der Waals surface area contributed by atoms with Gasteiger partial charge in [-0.3, -0.25) is 15.5 Å². The molecule has 0 fully saturated rings. The second-order valence-electron chi connectivity index (χ2n) is 8.05. The van der Waals surface area contributed by atoms with Crippen molar-refractivity contribution in [1.29, 1.82) is 0 Å². The first kappa shape index (κ1) is 21.4. The van der Waals surface area contributed by atoms with Gasteiger partial charge in [-0.1, -0.05) is 36.4 Å². The molecule has 0 unspecified atom stereocenters. The number of carbonyl (C=O) groups excluding carboxylic acids is 1. The van der Waals surface area contributed by atoms with Crippen LogP contribution in [0.3, 0.4) is 0 Å². The molecule has 0 radical (unpaired) electrons. The third kappa shape index (κ3) is 4.01. The van der Waals surface area contributed by atoms with E-state index in [9.17, 15) is 14.9 Å². The normalized spacial score (nSPS) is 14.1. The van der Waals surface area contributed by atoms with Gasteiger partial charge in [-0.25, -0.2) is 4.79 Å². The lowest BCUT2D eigenvalue weighted by Crippen LogP contribution is -2.13. The molecule has 0 saturated carbocycles. The van der Waals surface area contributed by atoms with Crippen LogP contribution in [0.15, 0.2) is 76.2 Å². The molecule has 170 valence electrons. The maximum Gasteiger partial charge on any atom is 0.379 e. The topological polar surface area (TPSA) is 107 Å². The molecule has 1 N–H and O–H groups in total. The average Bonchev–Trinajstić information content (AvgIpc) is 3.20. The number of carbonyl (C=O) groups is 1. The molecule has 0 bridgehead atoms. The monoisotopic (exact) mass is 455 g/mol. The minimum atomic E-state index is -0.550. The Labute approximate surface area is 195 Å². The summed E-state index contributed by atoms with van der Waals surface area (Å²) in [4.78, 5) is 23.4. The fourth-order valence-electron chi connectivity index (χ4n) is 4.20. The summed E-state index contributed by atoms with van der Waals surface area (Å²) in [6.07, 6.45) is 2.25. The lowest BCUT2D eigenvalue weighted by Gasteiger charge is -2.13. The highest BCUT2D eigenvalue weighted by Crippen LogP contribution is 2.32. The van der Waals surface area contributed by atoms with Crippen LogP contribution in [0.1, 0.15) is 40.3 Å². The van der Waals surface area contributed by atoms with E-state index in [1.807, 2.05) is 43.3 Å². The largest absolute Gasteiger partial charge is 0.453 e. The summed E-state index contributed by atoms with van der Waals surface area (Å²) < 4.78 is 11.7. The number of nitrogens with zero attached hydrogens (tertiary/aromatic N) is 2. The Kier molecular flexibility index (Phi) is 5.55. The Morgan fingerprint density at radius 2 is 1.82 bits per heavy atom. The molecule has 34 heavy (non-hydrogen) atoms. The van der Waals surface area contributed by atoms with Crippen molar-refractivity contribution in [2.75, 3.05) is 5.43 Å². The molecule has 1 aromatic heterocycles. The molecule has 0 saturated heterocycles. The number of anilines is 1. The number of non-ortho nitro benzene ring substituents is 1. The summed E-state index contributed by atoms with van der Waals surface area (Å²) in [6, 6.07) is 19.3. The van der Waals surface area contributed by atoms with Crippen molar-refractivity contribution in [2.24, 2.45) is 5.10 Å². The quantitative estimate of drug-likeness (QED) is 0.171. The zero-order valence-electron chi connectivity index (χ0n) is 18.4. The summed E-state index contributed by atoms with van der Waals surface area (Å²) >= 11 is 0. The van der Waals surface area contributed by atoms with E-state index in [4.69, 9.17) is 9.15 Å². The van der Waals surface area contributed by atoms with Crippen molar-refractivity contribution in [1.82, 2.24) is 0 Å². The average molecular weight is 455 g/mol. The van der Waals surface area contributed by atoms with Gasteiger partial charge in [0.15, 0.2) is 0 Å². The van der Waals surface area contributed by atoms with Gasteiger partial charge >= 0.3 is 5.97 Å². The number of hydrazone groups is 1. The van der Waals surface area contributed by atoms with E-state index >= 15 is 0 Å². The number of nitro groups is 1. The number of ether oxygens (including phenoxy) is 1. The van der Waals surface area contributed by atoms with Crippen LogP contribution in [0, 0.1) is 17.0 Å². The van der Waals surface area contributed by atoms with E-state index in [-0.39, 0.29) is 11.4 Å². The van der Waals surface area contributed by atoms with Gasteiger partial charge in [-0.05, 0) is 43.4 Å². The number of furan rings is 1. The third-order valence-corrected chi connectivity index (χ3v) is 5.86. The molecular formula is C26H21N3O5. The summed E-state index contributed by atoms with van der Waals surface area (Å²) in [5.41, 5.74) is 5.86. The number of benzene rings is 3. The van der Waals surface area contributed by atoms with Crippen LogP contribution in [0.4, 0.5) is 11.4 Å². The van der Waals surface area contributed by atoms with Crippen molar-refractivity contribution in [3.8, 4) is 5.75 Å². The molecule has 1 aliphatic carbocycles. The van der Waals surface area contributed by atoms with E-state index in [1.165, 1.54) is 12.1 Å². The highest BCUT2D eigenvalue weighted by atomic mass is 16.6. The molecule has 3 aromatic carbocycles. The van der Waals surface area contributed by atoms with Gasteiger partial charge in [0.05, 0.1) is 16.3 Å². The van der Waals surface area contributed by atoms with Crippen molar-refractivity contribution < 1.29 is 18.9 Å². The third-order valence-electron chi connectivity index (χ3n) is 5.86. The zero-order valence-corrected chi connectivity index (χ0v) is 18.4. The zero-order chi connectivity index (χ0) is 23.7. The van der Waals surface area contributed by atoms with Gasteiger partial charge in [-0.2, -0.15) is 5.10 Å². The smallest absolute Gasteiger partial charge is 0.379 e. The van der Waals surface area contributed by atoms with E-state index in [1.54, 1.807) is 18.2 Å². The highest BCUT2D eigenvalue weighted by molar-refractivity contribution is 6.06. The van der Waals surface area contributed by atoms with Crippen molar-refractivity contribution >= 4 is 33.8 Å². The summed E-state index contributed by atoms with van der Waals surface area (Å²) in [7, 11) is 0. The molecule has 1 heterocycles. The predicted octanol–water partition coefficient (Wildman–Crippen LogP) is 6.02. The predicted molar refractivity (Wildman–Crippen MR) is 129 cm³/mol. The molecule has 1 aliphatic rings. The number of nitrogens with one attached hydrogen (secondary N) is 1. The van der Waals surface area contributed by atoms with Crippen LogP contribution in [0.25, 0.3) is 10.8 Å². The number of nitro benzene ring substituents is 1. The van der Waals surface area contributed by atoms with Gasteiger partial charge < -0.3 is 9.15 Å². The van der Waals surface area contributed by atoms with Crippen molar-refractivity contribution in [3.05, 3.63) is 99.5 Å². The van der Waals surface area contributed by atoms with Crippen LogP contribution < -0.4 is 10.2 Å². The minimum Gasteiger partial charge on any atom is -0.453 e. The number of fused-ring (bicyclic) bond motifs is 2. The first-order valence-corrected chi connectivity index (χ1v) is 10.9. The highest BCUT2D eigenvalue weighted by Gasteiger charge is 2.29. The molecule has 5 rings (SSSR count). The molecule has 0 aliphatic heterocycles. The van der Waals surface area contributed by atoms with Crippen molar-refractivity contribution in [2.45, 2.75) is 26.2 Å². The van der Waals surface area contributed by atoms with E-state index in [0.29, 0.717) is 35.6 Å². The molecule has 0 amide bonds. The molecule has 0 spiro atoms. The Hall–Kier alpha value is -4.46. The number of rotatable bonds is 5. The molecule has 4 aromatic rings. The SMILES string of the molecule is Cc1c(C(=O)Oc2cccc3ccccc23)oc2c1/C(=N/Nc1ccc([N+](=O)[O-])cc1)CCC2. The summed E-state index contributed by atoms with van der Waals surface area (Å²) in [6.45, 7) is 1.83. The van der Waals surface area contributed by atoms with Crippen LogP contribution in [0.2, 0.25) is 0 Å². The lowest BCUT2D eigenvalue weighted by atomic mass is 9.93. The van der Waals surface area contributed by atoms with Gasteiger partial charge in [0, 0.05) is 35.1 Å². The molecule has 8 heteroatoms. The van der Waals surface area contributed by atoms with E-state index in [2.05, 4.69) is 10.5 Å². The maximum absolute atomic E-state index is 13.0. The standard InChI is InChI=1S/C26H21N3O5/c1-16-24-21(28-27-18-12-14-19(15-13-18)29(31)32)9-5-11-23(24)33-25(16)26(30)34-22-10-4-7-17-6-2-3-8-20(17)22/h2-4,6-8,10,12-15,27H,5,9,11H2,1H3/b28-21+. The second kappa shape index (κ2) is 8.82. The molecule has 0 atom stereocenters. The Bertz CT molecular complexity index is 1430. The fourth-order valence-corrected chi connectivity index (χ4v) is 4.20. The Morgan fingerprint density at radius 1 is 1.06 bits per heavy atom. The van der Waals surface area contributed by atoms with Gasteiger partial charge in [0.25, 0.3) is 5.69 Å². The molecular weight excluding hydrogens is 434 g/mol. The number of hydrogen-bond donors (Lipinski definition) is 1. The first-order chi connectivity index (χ1) is 16.5.